The fourth-order valence-electron chi connectivity index (χ4n) is 0. The number of alkyl halides is 3. The Morgan fingerprint density at radius 2 is 1.64 bits per heavy atom. The maximum Gasteiger partial charge on any atom is 0.470 e. The van der Waals surface area contributed by atoms with E-state index in [9.17, 15) is 13.2 Å². The molecule has 4 nitrogen and oxygen atoms in total. The van der Waals surface area contributed by atoms with E-state index in [0.717, 1.165) is 0 Å². The molecule has 0 fully saturated rings. The molecule has 0 saturated carbocycles. The van der Waals surface area contributed by atoms with Crippen LogP contribution in [-0.4, -0.2) is 30.3 Å². The molecule has 0 bridgehead atoms. The molecule has 0 unspecified atom stereocenters. The molecule has 0 aliphatic carbocycles. The van der Waals surface area contributed by atoms with Gasteiger partial charge in [0.15, 0.2) is 0 Å². The summed E-state index contributed by atoms with van der Waals surface area (Å²) in [6.07, 6.45) is -4.86. The van der Waals surface area contributed by atoms with Gasteiger partial charge in [-0.3, -0.25) is 4.79 Å². The largest absolute Gasteiger partial charge is 0.470 e. The lowest BCUT2D eigenvalue weighted by molar-refractivity contribution is -0.169. The third-order valence-corrected chi connectivity index (χ3v) is 0.408. The summed E-state index contributed by atoms with van der Waals surface area (Å²) in [6, 6.07) is 0. The number of nitrogens with two attached hydrogens (primary N) is 2. The molecule has 0 aliphatic heterocycles. The van der Waals surface area contributed by atoms with Gasteiger partial charge in [-0.25, -0.2) is 0 Å². The molecule has 0 atom stereocenters. The number of carbonyl (C=O) groups excluding carboxylic acids is 1. The maximum absolute atomic E-state index is 10.7. The highest BCUT2D eigenvalue weighted by molar-refractivity contribution is 5.79. The minimum absolute atomic E-state index is 0.0972. The first-order valence-electron chi connectivity index (χ1n) is 2.53. The van der Waals surface area contributed by atoms with E-state index in [1.165, 1.54) is 0 Å². The van der Waals surface area contributed by atoms with Crippen LogP contribution in [0.3, 0.4) is 0 Å². The van der Waals surface area contributed by atoms with Crippen molar-refractivity contribution in [2.75, 3.05) is 13.2 Å². The van der Waals surface area contributed by atoms with Crippen molar-refractivity contribution in [2.24, 2.45) is 11.5 Å². The summed E-state index contributed by atoms with van der Waals surface area (Å²) >= 11 is 0. The molecule has 5 N–H and O–H groups in total. The smallest absolute Gasteiger partial charge is 0.395 e. The van der Waals surface area contributed by atoms with Crippen LogP contribution in [0.5, 0.6) is 0 Å². The Bertz CT molecular complexity index is 112. The van der Waals surface area contributed by atoms with Crippen LogP contribution in [0.15, 0.2) is 0 Å². The number of primary amides is 1. The fourth-order valence-corrected chi connectivity index (χ4v) is 0. The Morgan fingerprint density at radius 3 is 1.64 bits per heavy atom. The summed E-state index contributed by atoms with van der Waals surface area (Å²) in [5.74, 6) is -2.26. The summed E-state index contributed by atoms with van der Waals surface area (Å²) in [5, 5.41) is 7.75. The minimum Gasteiger partial charge on any atom is -0.395 e. The number of aliphatic hydroxyl groups is 1. The fraction of sp³-hybridized carbons (Fsp3) is 0.750. The van der Waals surface area contributed by atoms with Crippen LogP contribution in [0, 0.1) is 0 Å². The first-order valence-corrected chi connectivity index (χ1v) is 2.53. The van der Waals surface area contributed by atoms with Crippen molar-refractivity contribution in [3.8, 4) is 0 Å². The number of carbonyl (C=O) groups is 1. The zero-order valence-corrected chi connectivity index (χ0v) is 5.56. The van der Waals surface area contributed by atoms with Gasteiger partial charge < -0.3 is 16.6 Å². The Labute approximate surface area is 61.0 Å². The molecule has 0 aromatic rings. The van der Waals surface area contributed by atoms with E-state index in [4.69, 9.17) is 15.6 Å². The zero-order valence-electron chi connectivity index (χ0n) is 5.56. The van der Waals surface area contributed by atoms with Gasteiger partial charge in [0.25, 0.3) is 0 Å². The van der Waals surface area contributed by atoms with Crippen LogP contribution < -0.4 is 11.5 Å². The molecule has 11 heavy (non-hydrogen) atoms. The highest BCUT2D eigenvalue weighted by Crippen LogP contribution is 2.11. The van der Waals surface area contributed by atoms with Crippen molar-refractivity contribution < 1.29 is 23.1 Å². The summed E-state index contributed by atoms with van der Waals surface area (Å²) in [6.45, 7) is 0.472. The van der Waals surface area contributed by atoms with E-state index in [-0.39, 0.29) is 6.61 Å². The van der Waals surface area contributed by atoms with Crippen LogP contribution in [0.25, 0.3) is 0 Å². The number of amides is 1. The van der Waals surface area contributed by atoms with Gasteiger partial charge in [-0.2, -0.15) is 13.2 Å². The summed E-state index contributed by atoms with van der Waals surface area (Å²) in [5.41, 5.74) is 8.58. The molecule has 0 heterocycles. The minimum atomic E-state index is -4.86. The van der Waals surface area contributed by atoms with Crippen molar-refractivity contribution >= 4 is 5.91 Å². The van der Waals surface area contributed by atoms with Gasteiger partial charge in [0.2, 0.25) is 0 Å². The van der Waals surface area contributed by atoms with Crippen molar-refractivity contribution in [3.05, 3.63) is 0 Å². The Morgan fingerprint density at radius 1 is 1.45 bits per heavy atom. The second-order valence-electron chi connectivity index (χ2n) is 1.37. The molecule has 0 aliphatic rings. The van der Waals surface area contributed by atoms with Crippen LogP contribution in [0.2, 0.25) is 0 Å². The summed E-state index contributed by atoms with van der Waals surface area (Å²) < 4.78 is 32.1. The number of rotatable bonds is 1. The lowest BCUT2D eigenvalue weighted by Crippen LogP contribution is -2.30. The van der Waals surface area contributed by atoms with Gasteiger partial charge in [-0.15, -0.1) is 0 Å². The third-order valence-electron chi connectivity index (χ3n) is 0.408. The number of hydrogen-bond acceptors (Lipinski definition) is 3. The highest BCUT2D eigenvalue weighted by atomic mass is 19.4. The second kappa shape index (κ2) is 5.93. The van der Waals surface area contributed by atoms with Crippen molar-refractivity contribution in [1.82, 2.24) is 0 Å². The van der Waals surface area contributed by atoms with E-state index in [2.05, 4.69) is 5.73 Å². The van der Waals surface area contributed by atoms with Crippen LogP contribution >= 0.6 is 0 Å². The van der Waals surface area contributed by atoms with E-state index >= 15 is 0 Å². The zero-order chi connectivity index (χ0) is 9.49. The number of aliphatic hydroxyl groups excluding tert-OH is 1. The normalized spacial score (nSPS) is 9.91. The molecule has 1 amide bonds. The van der Waals surface area contributed by atoms with E-state index in [0.29, 0.717) is 6.54 Å². The van der Waals surface area contributed by atoms with Crippen molar-refractivity contribution in [1.29, 1.82) is 0 Å². The van der Waals surface area contributed by atoms with E-state index in [1.807, 2.05) is 0 Å². The average Bonchev–Trinajstić information content (AvgIpc) is 1.87. The molecule has 0 spiro atoms. The molecule has 0 rings (SSSR count). The summed E-state index contributed by atoms with van der Waals surface area (Å²) in [7, 11) is 0. The highest BCUT2D eigenvalue weighted by Gasteiger charge is 2.35. The SMILES string of the molecule is NC(=O)C(F)(F)F.NCCO. The van der Waals surface area contributed by atoms with Crippen LogP contribution in [0.4, 0.5) is 13.2 Å². The Hall–Kier alpha value is -0.820. The second-order valence-corrected chi connectivity index (χ2v) is 1.37. The molecular weight excluding hydrogens is 165 g/mol. The lowest BCUT2D eigenvalue weighted by Gasteiger charge is -1.95. The van der Waals surface area contributed by atoms with E-state index in [1.54, 1.807) is 0 Å². The van der Waals surface area contributed by atoms with Crippen molar-refractivity contribution in [2.45, 2.75) is 6.18 Å². The monoisotopic (exact) mass is 174 g/mol. The number of hydrogen-bond donors (Lipinski definition) is 3. The molecule has 0 radical (unpaired) electrons. The number of halogens is 3. The van der Waals surface area contributed by atoms with Gasteiger partial charge in [-0.1, -0.05) is 0 Å². The van der Waals surface area contributed by atoms with Gasteiger partial charge in [0.05, 0.1) is 6.61 Å². The van der Waals surface area contributed by atoms with E-state index < -0.39 is 12.1 Å². The molecule has 0 saturated heterocycles. The first kappa shape index (κ1) is 12.8. The van der Waals surface area contributed by atoms with Gasteiger partial charge in [0.1, 0.15) is 0 Å². The van der Waals surface area contributed by atoms with Crippen LogP contribution in [0.1, 0.15) is 0 Å². The molecule has 68 valence electrons. The average molecular weight is 174 g/mol. The Kier molecular flexibility index (Phi) is 6.91. The van der Waals surface area contributed by atoms with Gasteiger partial charge in [0, 0.05) is 6.54 Å². The predicted octanol–water partition coefficient (Wildman–Crippen LogP) is -1.03. The maximum atomic E-state index is 10.7. The van der Waals surface area contributed by atoms with Gasteiger partial charge >= 0.3 is 12.1 Å². The molecule has 7 heteroatoms. The quantitative estimate of drug-likeness (QED) is 0.475. The Balaban J connectivity index is 0. The summed E-state index contributed by atoms with van der Waals surface area (Å²) in [4.78, 5) is 9.12. The topological polar surface area (TPSA) is 89.3 Å². The molecular formula is C4H9F3N2O2. The first-order chi connectivity index (χ1) is 4.86. The molecule has 0 aromatic carbocycles. The van der Waals surface area contributed by atoms with Gasteiger partial charge in [-0.05, 0) is 0 Å². The van der Waals surface area contributed by atoms with Crippen LogP contribution in [-0.2, 0) is 4.79 Å². The lowest BCUT2D eigenvalue weighted by atomic mass is 10.6. The predicted molar refractivity (Wildman–Crippen MR) is 31.4 cm³/mol. The van der Waals surface area contributed by atoms with Crippen molar-refractivity contribution in [3.63, 3.8) is 0 Å². The third kappa shape index (κ3) is 12.4. The molecule has 0 aromatic heterocycles. The standard InChI is InChI=1S/C2H2F3NO.C2H7NO/c3-2(4,5)1(6)7;3-1-2-4/h(H2,6,7);4H,1-3H2.